The number of hydrogen-bond acceptors (Lipinski definition) is 4. The van der Waals surface area contributed by atoms with Crippen LogP contribution in [-0.4, -0.2) is 39.2 Å². The molecular weight excluding hydrogens is 412 g/mol. The topological polar surface area (TPSA) is 67.1 Å². The van der Waals surface area contributed by atoms with Gasteiger partial charge in [-0.2, -0.15) is 0 Å². The van der Waals surface area contributed by atoms with Gasteiger partial charge in [0.15, 0.2) is 0 Å². The lowest BCUT2D eigenvalue weighted by Gasteiger charge is -2.32. The summed E-state index contributed by atoms with van der Waals surface area (Å²) in [4.78, 5) is 18.0. The summed E-state index contributed by atoms with van der Waals surface area (Å²) >= 11 is 0. The normalized spacial score (nSPS) is 15.6. The van der Waals surface area contributed by atoms with E-state index in [9.17, 15) is 4.79 Å². The van der Waals surface area contributed by atoms with Crippen LogP contribution in [-0.2, 0) is 6.42 Å². The number of rotatable bonds is 8. The summed E-state index contributed by atoms with van der Waals surface area (Å²) in [6, 6.07) is 20.5. The van der Waals surface area contributed by atoms with Gasteiger partial charge in [0.2, 0.25) is 0 Å². The van der Waals surface area contributed by atoms with Gasteiger partial charge < -0.3 is 14.4 Å². The van der Waals surface area contributed by atoms with Gasteiger partial charge in [0.05, 0.1) is 11.0 Å². The maximum atomic E-state index is 12.5. The molecule has 1 fully saturated rings. The molecule has 0 bridgehead atoms. The molecule has 0 atom stereocenters. The first-order chi connectivity index (χ1) is 16.3. The molecule has 33 heavy (non-hydrogen) atoms. The monoisotopic (exact) mass is 442 g/mol. The number of aryl methyl sites for hydroxylation is 1. The van der Waals surface area contributed by atoms with Gasteiger partial charge in [-0.05, 0) is 56.0 Å². The number of aromatic amines is 1. The smallest absolute Gasteiger partial charge is 0.326 e. The second-order valence-electron chi connectivity index (χ2n) is 8.81. The van der Waals surface area contributed by atoms with Crippen LogP contribution in [0.4, 0.5) is 0 Å². The highest BCUT2D eigenvalue weighted by Gasteiger charge is 2.23. The van der Waals surface area contributed by atoms with Crippen molar-refractivity contribution in [1.29, 1.82) is 0 Å². The average molecular weight is 443 g/mol. The molecule has 0 aliphatic carbocycles. The summed E-state index contributed by atoms with van der Waals surface area (Å²) in [5, 5.41) is 4.16. The number of nitrogens with zero attached hydrogens (tertiary/aromatic N) is 3. The summed E-state index contributed by atoms with van der Waals surface area (Å²) in [7, 11) is 0. The molecule has 1 aliphatic heterocycles. The highest BCUT2D eigenvalue weighted by atomic mass is 16.5. The molecule has 0 amide bonds. The molecule has 6 nitrogen and oxygen atoms in total. The van der Waals surface area contributed by atoms with E-state index in [2.05, 4.69) is 33.2 Å². The number of hydrogen-bond donors (Lipinski definition) is 1. The minimum atomic E-state index is 0.0136. The Morgan fingerprint density at radius 1 is 1.00 bits per heavy atom. The van der Waals surface area contributed by atoms with Crippen LogP contribution in [0.3, 0.4) is 0 Å². The van der Waals surface area contributed by atoms with E-state index in [4.69, 9.17) is 4.52 Å². The predicted molar refractivity (Wildman–Crippen MR) is 132 cm³/mol. The third kappa shape index (κ3) is 5.17. The van der Waals surface area contributed by atoms with E-state index in [1.807, 2.05) is 59.2 Å². The minimum Gasteiger partial charge on any atom is -0.361 e. The Kier molecular flexibility index (Phi) is 6.53. The number of unbranched alkanes of at least 4 members (excludes halogenated alkanes) is 1. The van der Waals surface area contributed by atoms with Gasteiger partial charge in [0.1, 0.15) is 11.5 Å². The van der Waals surface area contributed by atoms with Gasteiger partial charge in [0.25, 0.3) is 0 Å². The summed E-state index contributed by atoms with van der Waals surface area (Å²) in [6.07, 6.45) is 9.20. The number of fused-ring (bicyclic) bond motifs is 1. The average Bonchev–Trinajstić information content (AvgIpc) is 3.45. The van der Waals surface area contributed by atoms with Crippen molar-refractivity contribution in [3.05, 3.63) is 88.2 Å². The number of likely N-dealkylation sites (tertiary alicyclic amines) is 1. The number of imidazole rings is 1. The molecule has 3 heterocycles. The lowest BCUT2D eigenvalue weighted by Crippen LogP contribution is -2.37. The van der Waals surface area contributed by atoms with Gasteiger partial charge in [-0.15, -0.1) is 0 Å². The SMILES string of the molecule is O=c1[nH]c2ccccc2n1C1CCN(CCCCc2cc(C=Cc3ccccc3)no2)CC1. The van der Waals surface area contributed by atoms with Crippen LogP contribution in [0.25, 0.3) is 23.2 Å². The molecule has 0 spiro atoms. The van der Waals surface area contributed by atoms with Crippen molar-refractivity contribution in [2.45, 2.75) is 38.1 Å². The minimum absolute atomic E-state index is 0.0136. The Balaban J connectivity index is 1.05. The van der Waals surface area contributed by atoms with E-state index < -0.39 is 0 Å². The Labute approximate surface area is 193 Å². The second kappa shape index (κ2) is 10.0. The van der Waals surface area contributed by atoms with Gasteiger partial charge in [0, 0.05) is 31.6 Å². The molecule has 2 aromatic carbocycles. The van der Waals surface area contributed by atoms with Gasteiger partial charge in [-0.3, -0.25) is 4.57 Å². The molecule has 1 saturated heterocycles. The molecular formula is C27H30N4O2. The summed E-state index contributed by atoms with van der Waals surface area (Å²) in [5.74, 6) is 0.945. The van der Waals surface area contributed by atoms with Gasteiger partial charge >= 0.3 is 5.69 Å². The molecule has 0 saturated carbocycles. The zero-order chi connectivity index (χ0) is 22.5. The quantitative estimate of drug-likeness (QED) is 0.383. The fraction of sp³-hybridized carbons (Fsp3) is 0.333. The van der Waals surface area contributed by atoms with E-state index in [0.717, 1.165) is 79.8 Å². The van der Waals surface area contributed by atoms with E-state index in [1.54, 1.807) is 0 Å². The Morgan fingerprint density at radius 3 is 2.64 bits per heavy atom. The second-order valence-corrected chi connectivity index (χ2v) is 8.81. The van der Waals surface area contributed by atoms with Crippen molar-refractivity contribution in [3.8, 4) is 0 Å². The number of para-hydroxylation sites is 2. The van der Waals surface area contributed by atoms with Crippen molar-refractivity contribution in [1.82, 2.24) is 19.6 Å². The molecule has 6 heteroatoms. The van der Waals surface area contributed by atoms with Crippen LogP contribution in [0.5, 0.6) is 0 Å². The molecule has 1 N–H and O–H groups in total. The van der Waals surface area contributed by atoms with Crippen molar-refractivity contribution >= 4 is 23.2 Å². The molecule has 1 aliphatic rings. The largest absolute Gasteiger partial charge is 0.361 e. The van der Waals surface area contributed by atoms with Crippen molar-refractivity contribution < 1.29 is 4.52 Å². The first-order valence-corrected chi connectivity index (χ1v) is 11.9. The Morgan fingerprint density at radius 2 is 1.79 bits per heavy atom. The Hall–Kier alpha value is -3.38. The molecule has 170 valence electrons. The first-order valence-electron chi connectivity index (χ1n) is 11.9. The van der Waals surface area contributed by atoms with E-state index in [1.165, 1.54) is 0 Å². The van der Waals surface area contributed by atoms with Gasteiger partial charge in [-0.25, -0.2) is 4.79 Å². The maximum Gasteiger partial charge on any atom is 0.326 e. The van der Waals surface area contributed by atoms with Crippen LogP contribution in [0.2, 0.25) is 0 Å². The molecule has 4 aromatic rings. The van der Waals surface area contributed by atoms with Gasteiger partial charge in [-0.1, -0.05) is 53.7 Å². The summed E-state index contributed by atoms with van der Waals surface area (Å²) < 4.78 is 7.46. The van der Waals surface area contributed by atoms with E-state index in [0.29, 0.717) is 0 Å². The molecule has 0 unspecified atom stereocenters. The highest BCUT2D eigenvalue weighted by Crippen LogP contribution is 2.25. The zero-order valence-corrected chi connectivity index (χ0v) is 18.8. The third-order valence-electron chi connectivity index (χ3n) is 6.52. The van der Waals surface area contributed by atoms with Crippen LogP contribution < -0.4 is 5.69 Å². The fourth-order valence-corrected chi connectivity index (χ4v) is 4.74. The van der Waals surface area contributed by atoms with E-state index in [-0.39, 0.29) is 11.7 Å². The number of nitrogens with one attached hydrogen (secondary N) is 1. The third-order valence-corrected chi connectivity index (χ3v) is 6.52. The fourth-order valence-electron chi connectivity index (χ4n) is 4.74. The molecule has 2 aromatic heterocycles. The van der Waals surface area contributed by atoms with Crippen molar-refractivity contribution in [2.24, 2.45) is 0 Å². The number of benzene rings is 2. The molecule has 0 radical (unpaired) electrons. The van der Waals surface area contributed by atoms with Crippen molar-refractivity contribution in [3.63, 3.8) is 0 Å². The number of aromatic nitrogens is 3. The highest BCUT2D eigenvalue weighted by molar-refractivity contribution is 5.75. The summed E-state index contributed by atoms with van der Waals surface area (Å²) in [5.41, 5.74) is 3.98. The van der Waals surface area contributed by atoms with Crippen LogP contribution >= 0.6 is 0 Å². The van der Waals surface area contributed by atoms with Crippen molar-refractivity contribution in [2.75, 3.05) is 19.6 Å². The lowest BCUT2D eigenvalue weighted by molar-refractivity contribution is 0.183. The predicted octanol–water partition coefficient (Wildman–Crippen LogP) is 5.15. The standard InChI is InChI=1S/C27H30N4O2/c32-27-28-25-11-4-5-12-26(25)31(27)23-15-18-30(19-16-23)17-7-6-10-24-20-22(29-33-24)14-13-21-8-2-1-3-9-21/h1-5,8-9,11-14,20,23H,6-7,10,15-19H2,(H,28,32). The lowest BCUT2D eigenvalue weighted by atomic mass is 10.0. The number of piperidine rings is 1. The van der Waals surface area contributed by atoms with Crippen LogP contribution in [0.15, 0.2) is 70.0 Å². The maximum absolute atomic E-state index is 12.5. The zero-order valence-electron chi connectivity index (χ0n) is 18.8. The number of H-pyrrole nitrogens is 1. The van der Waals surface area contributed by atoms with Crippen LogP contribution in [0, 0.1) is 0 Å². The van der Waals surface area contributed by atoms with Crippen LogP contribution in [0.1, 0.15) is 48.7 Å². The van der Waals surface area contributed by atoms with E-state index >= 15 is 0 Å². The first kappa shape index (κ1) is 21.5. The molecule has 5 rings (SSSR count). The summed E-state index contributed by atoms with van der Waals surface area (Å²) in [6.45, 7) is 3.16. The Bertz CT molecular complexity index is 1260.